The average Bonchev–Trinajstić information content (AvgIpc) is 3.23. The smallest absolute Gasteiger partial charge is 0.272 e. The molecular formula is C22H25N3O3. The van der Waals surface area contributed by atoms with Gasteiger partial charge in [-0.1, -0.05) is 25.5 Å². The quantitative estimate of drug-likeness (QED) is 0.571. The summed E-state index contributed by atoms with van der Waals surface area (Å²) in [5.41, 5.74) is 2.21. The van der Waals surface area contributed by atoms with E-state index < -0.39 is 0 Å². The van der Waals surface area contributed by atoms with Gasteiger partial charge in [0.05, 0.1) is 19.4 Å². The van der Waals surface area contributed by atoms with Gasteiger partial charge in [-0.05, 0) is 54.4 Å². The van der Waals surface area contributed by atoms with E-state index in [1.807, 2.05) is 48.5 Å². The van der Waals surface area contributed by atoms with Crippen molar-refractivity contribution in [2.45, 2.75) is 26.3 Å². The van der Waals surface area contributed by atoms with E-state index in [1.165, 1.54) is 0 Å². The Morgan fingerprint density at radius 2 is 1.93 bits per heavy atom. The summed E-state index contributed by atoms with van der Waals surface area (Å²) in [5, 5.41) is 7.26. The molecule has 0 spiro atoms. The Labute approximate surface area is 165 Å². The van der Waals surface area contributed by atoms with Gasteiger partial charge in [-0.3, -0.25) is 4.79 Å². The van der Waals surface area contributed by atoms with Crippen LogP contribution in [0.2, 0.25) is 0 Å². The fourth-order valence-corrected chi connectivity index (χ4v) is 2.68. The largest absolute Gasteiger partial charge is 0.497 e. The molecule has 0 aliphatic rings. The van der Waals surface area contributed by atoms with Crippen LogP contribution in [0.25, 0.3) is 5.69 Å². The fraction of sp³-hybridized carbons (Fsp3) is 0.273. The molecule has 0 saturated heterocycles. The number of nitrogens with one attached hydrogen (secondary N) is 1. The van der Waals surface area contributed by atoms with Crippen molar-refractivity contribution in [2.75, 3.05) is 13.7 Å². The van der Waals surface area contributed by atoms with Crippen molar-refractivity contribution in [3.05, 3.63) is 72.1 Å². The van der Waals surface area contributed by atoms with E-state index in [-0.39, 0.29) is 5.91 Å². The van der Waals surface area contributed by atoms with Crippen LogP contribution < -0.4 is 14.8 Å². The van der Waals surface area contributed by atoms with E-state index in [1.54, 1.807) is 24.1 Å². The lowest BCUT2D eigenvalue weighted by atomic mass is 10.2. The predicted molar refractivity (Wildman–Crippen MR) is 108 cm³/mol. The molecule has 2 aromatic carbocycles. The van der Waals surface area contributed by atoms with E-state index in [0.29, 0.717) is 18.8 Å². The fourth-order valence-electron chi connectivity index (χ4n) is 2.68. The molecule has 0 bridgehead atoms. The number of ether oxygens (including phenoxy) is 2. The lowest BCUT2D eigenvalue weighted by Crippen LogP contribution is -2.23. The summed E-state index contributed by atoms with van der Waals surface area (Å²) >= 11 is 0. The van der Waals surface area contributed by atoms with Crippen LogP contribution in [0.3, 0.4) is 0 Å². The molecule has 0 aliphatic heterocycles. The molecule has 146 valence electrons. The molecule has 0 fully saturated rings. The number of benzene rings is 2. The minimum absolute atomic E-state index is 0.218. The first-order valence-electron chi connectivity index (χ1n) is 9.39. The Bertz CT molecular complexity index is 903. The third-order valence-electron chi connectivity index (χ3n) is 4.28. The number of unbranched alkanes of at least 4 members (excludes halogenated alkanes) is 1. The molecule has 6 heteroatoms. The lowest BCUT2D eigenvalue weighted by molar-refractivity contribution is 0.0945. The SMILES string of the molecule is CCCCOc1cccc(CNC(=O)c2ccn(-c3ccc(OC)cc3)n2)c1. The van der Waals surface area contributed by atoms with E-state index in [9.17, 15) is 4.79 Å². The highest BCUT2D eigenvalue weighted by atomic mass is 16.5. The van der Waals surface area contributed by atoms with Gasteiger partial charge >= 0.3 is 0 Å². The molecule has 0 unspecified atom stereocenters. The first-order valence-corrected chi connectivity index (χ1v) is 9.39. The summed E-state index contributed by atoms with van der Waals surface area (Å²) in [6.07, 6.45) is 3.88. The Morgan fingerprint density at radius 1 is 1.11 bits per heavy atom. The van der Waals surface area contributed by atoms with Crippen molar-refractivity contribution in [1.82, 2.24) is 15.1 Å². The standard InChI is InChI=1S/C22H25N3O3/c1-3-4-14-28-20-7-5-6-17(15-20)16-23-22(26)21-12-13-25(24-21)18-8-10-19(27-2)11-9-18/h5-13,15H,3-4,14,16H2,1-2H3,(H,23,26). The number of methoxy groups -OCH3 is 1. The van der Waals surface area contributed by atoms with Crippen LogP contribution in [0.5, 0.6) is 11.5 Å². The molecule has 1 N–H and O–H groups in total. The second kappa shape index (κ2) is 9.60. The molecule has 0 atom stereocenters. The van der Waals surface area contributed by atoms with Crippen LogP contribution in [0.1, 0.15) is 35.8 Å². The maximum absolute atomic E-state index is 12.4. The van der Waals surface area contributed by atoms with E-state index >= 15 is 0 Å². The molecule has 6 nitrogen and oxygen atoms in total. The number of hydrogen-bond donors (Lipinski definition) is 1. The average molecular weight is 379 g/mol. The number of aromatic nitrogens is 2. The van der Waals surface area contributed by atoms with Crippen molar-refractivity contribution in [3.63, 3.8) is 0 Å². The molecule has 28 heavy (non-hydrogen) atoms. The van der Waals surface area contributed by atoms with Crippen molar-refractivity contribution in [3.8, 4) is 17.2 Å². The molecule has 1 amide bonds. The highest BCUT2D eigenvalue weighted by molar-refractivity contribution is 5.92. The summed E-state index contributed by atoms with van der Waals surface area (Å²) < 4.78 is 12.5. The van der Waals surface area contributed by atoms with Crippen molar-refractivity contribution in [1.29, 1.82) is 0 Å². The zero-order valence-corrected chi connectivity index (χ0v) is 16.2. The molecule has 1 aromatic heterocycles. The van der Waals surface area contributed by atoms with E-state index in [2.05, 4.69) is 17.3 Å². The Kier molecular flexibility index (Phi) is 6.68. The summed E-state index contributed by atoms with van der Waals surface area (Å²) in [5.74, 6) is 1.38. The van der Waals surface area contributed by atoms with E-state index in [4.69, 9.17) is 9.47 Å². The van der Waals surface area contributed by atoms with Gasteiger partial charge in [0.2, 0.25) is 0 Å². The highest BCUT2D eigenvalue weighted by Crippen LogP contribution is 2.15. The molecule has 0 radical (unpaired) electrons. The summed E-state index contributed by atoms with van der Waals surface area (Å²) in [4.78, 5) is 12.4. The van der Waals surface area contributed by atoms with Crippen LogP contribution in [-0.4, -0.2) is 29.4 Å². The second-order valence-electron chi connectivity index (χ2n) is 6.38. The lowest BCUT2D eigenvalue weighted by Gasteiger charge is -2.08. The van der Waals surface area contributed by atoms with Gasteiger partial charge < -0.3 is 14.8 Å². The van der Waals surface area contributed by atoms with Gasteiger partial charge in [0, 0.05) is 12.7 Å². The number of carbonyl (C=O) groups is 1. The number of hydrogen-bond acceptors (Lipinski definition) is 4. The molecule has 3 rings (SSSR count). The van der Waals surface area contributed by atoms with Gasteiger partial charge in [0.1, 0.15) is 11.5 Å². The summed E-state index contributed by atoms with van der Waals surface area (Å²) in [6, 6.07) is 16.9. The molecule has 0 saturated carbocycles. The number of nitrogens with zero attached hydrogens (tertiary/aromatic N) is 2. The minimum Gasteiger partial charge on any atom is -0.497 e. The van der Waals surface area contributed by atoms with Crippen LogP contribution >= 0.6 is 0 Å². The number of rotatable bonds is 9. The van der Waals surface area contributed by atoms with Gasteiger partial charge in [-0.15, -0.1) is 0 Å². The molecule has 1 heterocycles. The van der Waals surface area contributed by atoms with Gasteiger partial charge in [-0.2, -0.15) is 5.10 Å². The topological polar surface area (TPSA) is 65.4 Å². The van der Waals surface area contributed by atoms with Crippen LogP contribution in [0.4, 0.5) is 0 Å². The monoisotopic (exact) mass is 379 g/mol. The summed E-state index contributed by atoms with van der Waals surface area (Å²) in [6.45, 7) is 3.25. The van der Waals surface area contributed by atoms with Crippen molar-refractivity contribution >= 4 is 5.91 Å². The highest BCUT2D eigenvalue weighted by Gasteiger charge is 2.10. The summed E-state index contributed by atoms with van der Waals surface area (Å²) in [7, 11) is 1.62. The maximum Gasteiger partial charge on any atom is 0.272 e. The molecular weight excluding hydrogens is 354 g/mol. The van der Waals surface area contributed by atoms with Crippen LogP contribution in [-0.2, 0) is 6.54 Å². The first-order chi connectivity index (χ1) is 13.7. The normalized spacial score (nSPS) is 10.5. The minimum atomic E-state index is -0.218. The van der Waals surface area contributed by atoms with Crippen molar-refractivity contribution < 1.29 is 14.3 Å². The maximum atomic E-state index is 12.4. The Hall–Kier alpha value is -3.28. The van der Waals surface area contributed by atoms with E-state index in [0.717, 1.165) is 35.6 Å². The van der Waals surface area contributed by atoms with Crippen molar-refractivity contribution in [2.24, 2.45) is 0 Å². The molecule has 3 aromatic rings. The van der Waals surface area contributed by atoms with Gasteiger partial charge in [0.25, 0.3) is 5.91 Å². The second-order valence-corrected chi connectivity index (χ2v) is 6.38. The predicted octanol–water partition coefficient (Wildman–Crippen LogP) is 3.99. The van der Waals surface area contributed by atoms with Crippen LogP contribution in [0.15, 0.2) is 60.8 Å². The number of amides is 1. The van der Waals surface area contributed by atoms with Crippen LogP contribution in [0, 0.1) is 0 Å². The zero-order valence-electron chi connectivity index (χ0n) is 16.2. The van der Waals surface area contributed by atoms with Gasteiger partial charge in [-0.25, -0.2) is 4.68 Å². The first kappa shape index (κ1) is 19.5. The molecule has 0 aliphatic carbocycles. The van der Waals surface area contributed by atoms with Gasteiger partial charge in [0.15, 0.2) is 5.69 Å². The Morgan fingerprint density at radius 3 is 2.68 bits per heavy atom. The third kappa shape index (κ3) is 5.13. The number of carbonyl (C=O) groups excluding carboxylic acids is 1. The third-order valence-corrected chi connectivity index (χ3v) is 4.28. The zero-order chi connectivity index (χ0) is 19.8. The Balaban J connectivity index is 1.58.